The zero-order valence-electron chi connectivity index (χ0n) is 18.6. The highest BCUT2D eigenvalue weighted by atomic mass is 14.4. The van der Waals surface area contributed by atoms with Crippen LogP contribution in [0.25, 0.3) is 22.3 Å². The third kappa shape index (κ3) is 1.90. The van der Waals surface area contributed by atoms with Crippen molar-refractivity contribution < 1.29 is 0 Å². The summed E-state index contributed by atoms with van der Waals surface area (Å²) in [4.78, 5) is 0. The SMILES string of the molecule is CC1(C)c2cccc3c2B2c4c(cccc4C(C)(C)c4cccc1c42)-c1ccccc1-3. The number of hydrogen-bond donors (Lipinski definition) is 0. The Morgan fingerprint density at radius 2 is 0.774 bits per heavy atom. The van der Waals surface area contributed by atoms with Crippen molar-refractivity contribution in [3.63, 3.8) is 0 Å². The first kappa shape index (κ1) is 17.6. The van der Waals surface area contributed by atoms with E-state index in [2.05, 4.69) is 107 Å². The van der Waals surface area contributed by atoms with Crippen molar-refractivity contribution in [1.29, 1.82) is 0 Å². The van der Waals surface area contributed by atoms with E-state index in [1.165, 1.54) is 55.4 Å². The standard InChI is InChI=1S/C30H25B/c1-29(2)22-14-7-12-20-18-10-5-6-11-19(18)21-13-8-15-23-27(21)31(26(20)22)28-24(29)16-9-17-25(28)30(23,3)4/h5-17H,1-4H3. The molecule has 0 N–H and O–H groups in total. The maximum Gasteiger partial charge on any atom is 0.244 e. The molecule has 0 unspecified atom stereocenters. The molecule has 0 fully saturated rings. The van der Waals surface area contributed by atoms with Crippen LogP contribution in [0.2, 0.25) is 0 Å². The summed E-state index contributed by atoms with van der Waals surface area (Å²) in [5, 5.41) is 0. The van der Waals surface area contributed by atoms with Gasteiger partial charge < -0.3 is 0 Å². The molecule has 0 bridgehead atoms. The highest BCUT2D eigenvalue weighted by Crippen LogP contribution is 2.45. The van der Waals surface area contributed by atoms with Crippen molar-refractivity contribution in [3.8, 4) is 22.3 Å². The van der Waals surface area contributed by atoms with E-state index in [1.807, 2.05) is 0 Å². The first-order chi connectivity index (χ1) is 14.9. The summed E-state index contributed by atoms with van der Waals surface area (Å²) >= 11 is 0. The molecule has 0 radical (unpaired) electrons. The van der Waals surface area contributed by atoms with Crippen LogP contribution in [0.4, 0.5) is 0 Å². The van der Waals surface area contributed by atoms with E-state index in [1.54, 1.807) is 5.46 Å². The van der Waals surface area contributed by atoms with Gasteiger partial charge in [0, 0.05) is 10.8 Å². The molecule has 31 heavy (non-hydrogen) atoms. The molecule has 0 nitrogen and oxygen atoms in total. The highest BCUT2D eigenvalue weighted by Gasteiger charge is 2.50. The summed E-state index contributed by atoms with van der Waals surface area (Å²) in [5.74, 6) is 0. The number of rotatable bonds is 0. The molecule has 1 heteroatoms. The average Bonchev–Trinajstić information content (AvgIpc) is 2.90. The molecule has 0 spiro atoms. The van der Waals surface area contributed by atoms with Gasteiger partial charge >= 0.3 is 0 Å². The Morgan fingerprint density at radius 3 is 1.23 bits per heavy atom. The lowest BCUT2D eigenvalue weighted by Crippen LogP contribution is -2.66. The van der Waals surface area contributed by atoms with E-state index in [9.17, 15) is 0 Å². The predicted octanol–water partition coefficient (Wildman–Crippen LogP) is 5.13. The smallest absolute Gasteiger partial charge is 0.0617 e. The molecule has 0 amide bonds. The molecule has 3 aliphatic heterocycles. The normalized spacial score (nSPS) is 17.5. The molecule has 7 rings (SSSR count). The lowest BCUT2D eigenvalue weighted by atomic mass is 9.26. The summed E-state index contributed by atoms with van der Waals surface area (Å²) in [5.41, 5.74) is 16.1. The Kier molecular flexibility index (Phi) is 3.07. The van der Waals surface area contributed by atoms with Gasteiger partial charge in [-0.25, -0.2) is 0 Å². The molecule has 3 heterocycles. The van der Waals surface area contributed by atoms with E-state index in [-0.39, 0.29) is 10.8 Å². The van der Waals surface area contributed by atoms with Gasteiger partial charge in [0.15, 0.2) is 0 Å². The molecule has 148 valence electrons. The second-order valence-electron chi connectivity index (χ2n) is 10.5. The maximum absolute atomic E-state index is 2.42. The van der Waals surface area contributed by atoms with Gasteiger partial charge in [-0.1, -0.05) is 123 Å². The second-order valence-corrected chi connectivity index (χ2v) is 10.5. The Hall–Kier alpha value is -3.06. The van der Waals surface area contributed by atoms with Crippen LogP contribution >= 0.6 is 0 Å². The van der Waals surface area contributed by atoms with Crippen LogP contribution in [-0.2, 0) is 10.8 Å². The van der Waals surface area contributed by atoms with Crippen molar-refractivity contribution in [3.05, 3.63) is 101 Å². The van der Waals surface area contributed by atoms with Crippen molar-refractivity contribution in [1.82, 2.24) is 0 Å². The van der Waals surface area contributed by atoms with Crippen molar-refractivity contribution in [2.45, 2.75) is 38.5 Å². The molecule has 0 saturated heterocycles. The number of fused-ring (bicyclic) bond motifs is 3. The predicted molar refractivity (Wildman–Crippen MR) is 133 cm³/mol. The summed E-state index contributed by atoms with van der Waals surface area (Å²) in [6, 6.07) is 30.1. The Bertz CT molecular complexity index is 1330. The third-order valence-electron chi connectivity index (χ3n) is 8.39. The minimum absolute atomic E-state index is 0.0189. The van der Waals surface area contributed by atoms with Gasteiger partial charge in [-0.05, 0) is 44.5 Å². The summed E-state index contributed by atoms with van der Waals surface area (Å²) in [6.45, 7) is 9.97. The van der Waals surface area contributed by atoms with Crippen molar-refractivity contribution >= 4 is 23.1 Å². The first-order valence-electron chi connectivity index (χ1n) is 11.4. The lowest BCUT2D eigenvalue weighted by molar-refractivity contribution is 0.622. The van der Waals surface area contributed by atoms with Crippen LogP contribution in [0.3, 0.4) is 0 Å². The second kappa shape index (κ2) is 5.40. The first-order valence-corrected chi connectivity index (χ1v) is 11.4. The van der Waals surface area contributed by atoms with Crippen molar-refractivity contribution in [2.75, 3.05) is 0 Å². The van der Waals surface area contributed by atoms with Crippen LogP contribution in [0.1, 0.15) is 49.9 Å². The van der Waals surface area contributed by atoms with Crippen LogP contribution in [0.5, 0.6) is 0 Å². The van der Waals surface area contributed by atoms with Crippen LogP contribution in [0, 0.1) is 0 Å². The van der Waals surface area contributed by atoms with E-state index in [4.69, 9.17) is 0 Å². The maximum atomic E-state index is 2.42. The zero-order valence-corrected chi connectivity index (χ0v) is 18.6. The largest absolute Gasteiger partial charge is 0.244 e. The minimum Gasteiger partial charge on any atom is -0.0617 e. The lowest BCUT2D eigenvalue weighted by Gasteiger charge is -2.47. The van der Waals surface area contributed by atoms with E-state index >= 15 is 0 Å². The molecular weight excluding hydrogens is 371 g/mol. The number of hydrogen-bond acceptors (Lipinski definition) is 0. The molecular formula is C30H25B. The quantitative estimate of drug-likeness (QED) is 0.319. The van der Waals surface area contributed by atoms with Crippen LogP contribution in [-0.4, -0.2) is 6.71 Å². The van der Waals surface area contributed by atoms with E-state index in [0.29, 0.717) is 6.71 Å². The van der Waals surface area contributed by atoms with Gasteiger partial charge in [-0.2, -0.15) is 0 Å². The zero-order chi connectivity index (χ0) is 21.1. The molecule has 4 aromatic rings. The Balaban J connectivity index is 1.79. The van der Waals surface area contributed by atoms with E-state index in [0.717, 1.165) is 0 Å². The molecule has 3 aliphatic rings. The molecule has 0 aliphatic carbocycles. The van der Waals surface area contributed by atoms with Gasteiger partial charge in [-0.15, -0.1) is 0 Å². The molecule has 4 aromatic carbocycles. The van der Waals surface area contributed by atoms with Crippen LogP contribution < -0.4 is 16.4 Å². The van der Waals surface area contributed by atoms with Crippen LogP contribution in [0.15, 0.2) is 78.9 Å². The van der Waals surface area contributed by atoms with Crippen molar-refractivity contribution in [2.24, 2.45) is 0 Å². The number of benzene rings is 4. The van der Waals surface area contributed by atoms with E-state index < -0.39 is 0 Å². The van der Waals surface area contributed by atoms with Gasteiger partial charge in [0.25, 0.3) is 0 Å². The van der Waals surface area contributed by atoms with Gasteiger partial charge in [-0.3, -0.25) is 0 Å². The highest BCUT2D eigenvalue weighted by molar-refractivity contribution is 6.99. The Labute approximate surface area is 185 Å². The topological polar surface area (TPSA) is 0 Å². The van der Waals surface area contributed by atoms with Gasteiger partial charge in [0.1, 0.15) is 0 Å². The minimum atomic E-state index is -0.0189. The third-order valence-corrected chi connectivity index (χ3v) is 8.39. The summed E-state index contributed by atoms with van der Waals surface area (Å²) in [7, 11) is 0. The van der Waals surface area contributed by atoms with Gasteiger partial charge in [0.05, 0.1) is 0 Å². The fourth-order valence-electron chi connectivity index (χ4n) is 6.95. The summed E-state index contributed by atoms with van der Waals surface area (Å²) < 4.78 is 0. The average molecular weight is 396 g/mol. The Morgan fingerprint density at radius 1 is 0.419 bits per heavy atom. The molecule has 0 atom stereocenters. The summed E-state index contributed by atoms with van der Waals surface area (Å²) in [6.07, 6.45) is 0. The molecule has 0 saturated carbocycles. The monoisotopic (exact) mass is 396 g/mol. The molecule has 0 aromatic heterocycles. The van der Waals surface area contributed by atoms with Gasteiger partial charge in [0.2, 0.25) is 6.71 Å². The fraction of sp³-hybridized carbons (Fsp3) is 0.200. The fourth-order valence-corrected chi connectivity index (χ4v) is 6.95.